The lowest BCUT2D eigenvalue weighted by atomic mass is 9.99. The van der Waals surface area contributed by atoms with Gasteiger partial charge in [0.1, 0.15) is 11.6 Å². The van der Waals surface area contributed by atoms with E-state index in [1.54, 1.807) is 12.3 Å². The molecule has 0 unspecified atom stereocenters. The summed E-state index contributed by atoms with van der Waals surface area (Å²) in [5, 5.41) is 6.19. The molecule has 1 saturated heterocycles. The number of nitrogens with zero attached hydrogens (tertiary/aromatic N) is 1. The van der Waals surface area contributed by atoms with Crippen LogP contribution in [0.4, 0.5) is 17.2 Å². The highest BCUT2D eigenvalue weighted by molar-refractivity contribution is 5.91. The Morgan fingerprint density at radius 2 is 1.96 bits per heavy atom. The van der Waals surface area contributed by atoms with Crippen molar-refractivity contribution in [3.05, 3.63) is 42.6 Å². The fourth-order valence-electron chi connectivity index (χ4n) is 2.81. The maximum atomic E-state index is 12.3. The van der Waals surface area contributed by atoms with E-state index in [0.29, 0.717) is 19.0 Å². The summed E-state index contributed by atoms with van der Waals surface area (Å²) in [4.78, 5) is 16.6. The molecule has 1 aromatic carbocycles. The first kappa shape index (κ1) is 18.2. The molecule has 2 aromatic rings. The number of benzene rings is 1. The van der Waals surface area contributed by atoms with E-state index in [-0.39, 0.29) is 17.9 Å². The van der Waals surface area contributed by atoms with Crippen molar-refractivity contribution in [2.75, 3.05) is 23.8 Å². The van der Waals surface area contributed by atoms with Crippen LogP contribution in [0.1, 0.15) is 26.7 Å². The number of rotatable bonds is 6. The zero-order valence-electron chi connectivity index (χ0n) is 15.2. The number of carbonyl (C=O) groups excluding carboxylic acids is 1. The first-order valence-corrected chi connectivity index (χ1v) is 8.99. The molecule has 1 aliphatic heterocycles. The van der Waals surface area contributed by atoms with E-state index in [1.807, 2.05) is 44.2 Å². The van der Waals surface area contributed by atoms with Crippen LogP contribution in [-0.4, -0.2) is 30.2 Å². The molecule has 6 heteroatoms. The van der Waals surface area contributed by atoms with Crippen LogP contribution in [0.15, 0.2) is 42.6 Å². The second-order valence-electron chi connectivity index (χ2n) is 6.60. The summed E-state index contributed by atoms with van der Waals surface area (Å²) >= 11 is 0. The fraction of sp³-hybridized carbons (Fsp3) is 0.400. The molecule has 1 aliphatic rings. The van der Waals surface area contributed by atoms with Crippen LogP contribution in [0.3, 0.4) is 0 Å². The first-order valence-electron chi connectivity index (χ1n) is 8.99. The van der Waals surface area contributed by atoms with E-state index < -0.39 is 0 Å². The highest BCUT2D eigenvalue weighted by Gasteiger charge is 2.21. The number of hydrogen-bond donors (Lipinski definition) is 2. The monoisotopic (exact) mass is 355 g/mol. The SMILES string of the molecule is CC(C)Oc1ccccc1Nc1ccc(NC(=O)C2CCOCC2)nc1. The maximum Gasteiger partial charge on any atom is 0.228 e. The van der Waals surface area contributed by atoms with Gasteiger partial charge >= 0.3 is 0 Å². The van der Waals surface area contributed by atoms with Crippen molar-refractivity contribution in [2.24, 2.45) is 5.92 Å². The van der Waals surface area contributed by atoms with Crippen molar-refractivity contribution in [1.82, 2.24) is 4.98 Å². The summed E-state index contributed by atoms with van der Waals surface area (Å²) in [5.41, 5.74) is 1.70. The fourth-order valence-corrected chi connectivity index (χ4v) is 2.81. The van der Waals surface area contributed by atoms with Gasteiger partial charge in [0.15, 0.2) is 0 Å². The van der Waals surface area contributed by atoms with E-state index in [9.17, 15) is 4.79 Å². The predicted octanol–water partition coefficient (Wildman–Crippen LogP) is 3.98. The Bertz CT molecular complexity index is 725. The molecular weight excluding hydrogens is 330 g/mol. The molecular formula is C20H25N3O3. The Morgan fingerprint density at radius 1 is 1.19 bits per heavy atom. The van der Waals surface area contributed by atoms with Gasteiger partial charge in [-0.05, 0) is 51.0 Å². The van der Waals surface area contributed by atoms with Gasteiger partial charge in [-0.2, -0.15) is 0 Å². The minimum absolute atomic E-state index is 0.00316. The molecule has 2 N–H and O–H groups in total. The van der Waals surface area contributed by atoms with E-state index in [1.165, 1.54) is 0 Å². The number of carbonyl (C=O) groups is 1. The van der Waals surface area contributed by atoms with E-state index >= 15 is 0 Å². The third-order valence-electron chi connectivity index (χ3n) is 4.14. The number of aromatic nitrogens is 1. The third-order valence-corrected chi connectivity index (χ3v) is 4.14. The molecule has 1 aromatic heterocycles. The summed E-state index contributed by atoms with van der Waals surface area (Å²) in [6.45, 7) is 5.28. The molecule has 6 nitrogen and oxygen atoms in total. The smallest absolute Gasteiger partial charge is 0.228 e. The standard InChI is InChI=1S/C20H25N3O3/c1-14(2)26-18-6-4-3-5-17(18)22-16-7-8-19(21-13-16)23-20(24)15-9-11-25-12-10-15/h3-8,13-15,22H,9-12H2,1-2H3,(H,21,23,24). The van der Waals surface area contributed by atoms with Crippen LogP contribution in [0.2, 0.25) is 0 Å². The first-order chi connectivity index (χ1) is 12.6. The largest absolute Gasteiger partial charge is 0.489 e. The average Bonchev–Trinajstić information content (AvgIpc) is 2.65. The summed E-state index contributed by atoms with van der Waals surface area (Å²) < 4.78 is 11.1. The summed E-state index contributed by atoms with van der Waals surface area (Å²) in [6.07, 6.45) is 3.32. The van der Waals surface area contributed by atoms with E-state index in [4.69, 9.17) is 9.47 Å². The molecule has 0 saturated carbocycles. The highest BCUT2D eigenvalue weighted by Crippen LogP contribution is 2.28. The summed E-state index contributed by atoms with van der Waals surface area (Å²) in [5.74, 6) is 1.36. The minimum Gasteiger partial charge on any atom is -0.489 e. The minimum atomic E-state index is 0.00316. The van der Waals surface area contributed by atoms with Gasteiger partial charge in [-0.3, -0.25) is 4.79 Å². The molecule has 0 radical (unpaired) electrons. The van der Waals surface area contributed by atoms with Gasteiger partial charge in [-0.15, -0.1) is 0 Å². The Morgan fingerprint density at radius 3 is 2.65 bits per heavy atom. The molecule has 138 valence electrons. The van der Waals surface area contributed by atoms with Gasteiger partial charge in [0, 0.05) is 19.1 Å². The highest BCUT2D eigenvalue weighted by atomic mass is 16.5. The van der Waals surface area contributed by atoms with Gasteiger partial charge in [0.05, 0.1) is 23.7 Å². The van der Waals surface area contributed by atoms with Crippen molar-refractivity contribution in [1.29, 1.82) is 0 Å². The van der Waals surface area contributed by atoms with Crippen LogP contribution < -0.4 is 15.4 Å². The number of para-hydroxylation sites is 2. The van der Waals surface area contributed by atoms with Crippen LogP contribution in [0.25, 0.3) is 0 Å². The van der Waals surface area contributed by atoms with Gasteiger partial charge in [0.2, 0.25) is 5.91 Å². The molecule has 3 rings (SSSR count). The van der Waals surface area contributed by atoms with Gasteiger partial charge in [0.25, 0.3) is 0 Å². The normalized spacial score (nSPS) is 14.9. The van der Waals surface area contributed by atoms with Crippen molar-refractivity contribution in [3.63, 3.8) is 0 Å². The Hall–Kier alpha value is -2.60. The van der Waals surface area contributed by atoms with Crippen LogP contribution in [0, 0.1) is 5.92 Å². The third kappa shape index (κ3) is 4.95. The number of ether oxygens (including phenoxy) is 2. The Kier molecular flexibility index (Phi) is 6.07. The zero-order chi connectivity index (χ0) is 18.4. The molecule has 2 heterocycles. The van der Waals surface area contributed by atoms with E-state index in [2.05, 4.69) is 15.6 Å². The molecule has 26 heavy (non-hydrogen) atoms. The lowest BCUT2D eigenvalue weighted by molar-refractivity contribution is -0.122. The molecule has 1 fully saturated rings. The molecule has 1 amide bonds. The van der Waals surface area contributed by atoms with Gasteiger partial charge < -0.3 is 20.1 Å². The van der Waals surface area contributed by atoms with Crippen molar-refractivity contribution in [3.8, 4) is 5.75 Å². The lowest BCUT2D eigenvalue weighted by Crippen LogP contribution is -2.28. The van der Waals surface area contributed by atoms with Crippen molar-refractivity contribution >= 4 is 23.1 Å². The number of anilines is 3. The van der Waals surface area contributed by atoms with Crippen molar-refractivity contribution < 1.29 is 14.3 Å². The quantitative estimate of drug-likeness (QED) is 0.820. The van der Waals surface area contributed by atoms with Gasteiger partial charge in [-0.1, -0.05) is 12.1 Å². The molecule has 0 aliphatic carbocycles. The topological polar surface area (TPSA) is 72.5 Å². The number of pyridine rings is 1. The van der Waals surface area contributed by atoms with Crippen LogP contribution in [0.5, 0.6) is 5.75 Å². The van der Waals surface area contributed by atoms with Crippen molar-refractivity contribution in [2.45, 2.75) is 32.8 Å². The average molecular weight is 355 g/mol. The molecule has 0 spiro atoms. The van der Waals surface area contributed by atoms with E-state index in [0.717, 1.165) is 30.0 Å². The zero-order valence-corrected chi connectivity index (χ0v) is 15.2. The summed E-state index contributed by atoms with van der Waals surface area (Å²) in [7, 11) is 0. The summed E-state index contributed by atoms with van der Waals surface area (Å²) in [6, 6.07) is 11.5. The Balaban J connectivity index is 1.62. The second-order valence-corrected chi connectivity index (χ2v) is 6.60. The number of hydrogen-bond acceptors (Lipinski definition) is 5. The van der Waals surface area contributed by atoms with Crippen LogP contribution in [-0.2, 0) is 9.53 Å². The van der Waals surface area contributed by atoms with Crippen LogP contribution >= 0.6 is 0 Å². The number of nitrogens with one attached hydrogen (secondary N) is 2. The second kappa shape index (κ2) is 8.67. The number of amides is 1. The Labute approximate surface area is 153 Å². The maximum absolute atomic E-state index is 12.3. The predicted molar refractivity (Wildman–Crippen MR) is 102 cm³/mol. The molecule has 0 atom stereocenters. The van der Waals surface area contributed by atoms with Gasteiger partial charge in [-0.25, -0.2) is 4.98 Å². The molecule has 0 bridgehead atoms. The lowest BCUT2D eigenvalue weighted by Gasteiger charge is -2.21.